The van der Waals surface area contributed by atoms with Crippen LogP contribution in [-0.4, -0.2) is 141 Å². The summed E-state index contributed by atoms with van der Waals surface area (Å²) in [6, 6.07) is -0.353. The number of rotatable bonds is 7. The minimum Gasteiger partial charge on any atom is -0.378 e. The van der Waals surface area contributed by atoms with Crippen molar-refractivity contribution in [1.29, 1.82) is 0 Å². The number of hydrogen-bond acceptors (Lipinski definition) is 11. The van der Waals surface area contributed by atoms with E-state index in [-0.39, 0.29) is 36.4 Å². The summed E-state index contributed by atoms with van der Waals surface area (Å²) in [5.41, 5.74) is 6.18. The normalized spacial score (nSPS) is 27.2. The van der Waals surface area contributed by atoms with Crippen LogP contribution in [0.15, 0.2) is 17.6 Å². The summed E-state index contributed by atoms with van der Waals surface area (Å²) < 4.78 is 34.7. The van der Waals surface area contributed by atoms with Crippen molar-refractivity contribution < 1.29 is 23.1 Å². The summed E-state index contributed by atoms with van der Waals surface area (Å²) in [4.78, 5) is 50.5. The van der Waals surface area contributed by atoms with Gasteiger partial charge in [0.2, 0.25) is 11.8 Å². The van der Waals surface area contributed by atoms with Gasteiger partial charge in [-0.2, -0.15) is 0 Å². The Labute approximate surface area is 226 Å². The summed E-state index contributed by atoms with van der Waals surface area (Å²) >= 11 is 0. The Hall–Kier alpha value is -2.85. The molecule has 15 heteroatoms. The Bertz CT molecular complexity index is 1030. The minimum absolute atomic E-state index is 0.0324. The number of alkyl halides is 1. The van der Waals surface area contributed by atoms with Crippen molar-refractivity contribution in [2.75, 3.05) is 90.4 Å². The lowest BCUT2D eigenvalue weighted by atomic mass is 9.97. The highest BCUT2D eigenvalue weighted by atomic mass is 19.1. The Morgan fingerprint density at radius 1 is 1.10 bits per heavy atom. The molecule has 0 aromatic carbocycles. The molecule has 4 heterocycles. The van der Waals surface area contributed by atoms with E-state index in [1.165, 1.54) is 6.20 Å². The first kappa shape index (κ1) is 29.1. The van der Waals surface area contributed by atoms with E-state index in [1.54, 1.807) is 33.7 Å². The first-order valence-corrected chi connectivity index (χ1v) is 13.0. The molecule has 3 fully saturated rings. The lowest BCUT2D eigenvalue weighted by Gasteiger charge is -2.45. The van der Waals surface area contributed by atoms with E-state index >= 15 is 4.39 Å². The summed E-state index contributed by atoms with van der Waals surface area (Å²) in [5, 5.41) is 5.58. The van der Waals surface area contributed by atoms with Crippen molar-refractivity contribution in [1.82, 2.24) is 24.6 Å². The van der Waals surface area contributed by atoms with Crippen molar-refractivity contribution in [2.45, 2.75) is 24.5 Å². The number of nitroso groups, excluding NO2 is 1. The molecule has 3 unspecified atom stereocenters. The van der Waals surface area contributed by atoms with Crippen molar-refractivity contribution in [2.24, 2.45) is 16.8 Å². The lowest BCUT2D eigenvalue weighted by molar-refractivity contribution is -0.142. The van der Waals surface area contributed by atoms with Gasteiger partial charge in [-0.1, -0.05) is 5.18 Å². The predicted molar refractivity (Wildman–Crippen MR) is 140 cm³/mol. The summed E-state index contributed by atoms with van der Waals surface area (Å²) in [7, 11) is 5.16. The number of anilines is 2. The second-order valence-electron chi connectivity index (χ2n) is 10.4. The molecule has 0 saturated carbocycles. The predicted octanol–water partition coefficient (Wildman–Crippen LogP) is -0.653. The number of carbonyl (C=O) groups is 2. The molecule has 216 valence electrons. The second kappa shape index (κ2) is 12.6. The molecule has 4 rings (SSSR count). The molecule has 3 N–H and O–H groups in total. The molecular formula is C24H37F2N9O4. The van der Waals surface area contributed by atoms with Gasteiger partial charge in [-0.15, -0.1) is 4.91 Å². The van der Waals surface area contributed by atoms with Gasteiger partial charge in [-0.25, -0.2) is 8.78 Å². The maximum atomic E-state index is 15.1. The van der Waals surface area contributed by atoms with Crippen LogP contribution in [0, 0.1) is 16.6 Å². The van der Waals surface area contributed by atoms with Gasteiger partial charge in [0.1, 0.15) is 23.8 Å². The van der Waals surface area contributed by atoms with E-state index in [4.69, 9.17) is 10.5 Å². The fraction of sp³-hybridized carbons (Fsp3) is 0.708. The van der Waals surface area contributed by atoms with Gasteiger partial charge in [0.25, 0.3) is 0 Å². The van der Waals surface area contributed by atoms with E-state index in [9.17, 15) is 18.9 Å². The zero-order chi connectivity index (χ0) is 28.3. The van der Waals surface area contributed by atoms with Gasteiger partial charge in [0.15, 0.2) is 12.0 Å². The fourth-order valence-corrected chi connectivity index (χ4v) is 5.68. The minimum atomic E-state index is -1.42. The largest absolute Gasteiger partial charge is 0.378 e. The average molecular weight is 554 g/mol. The lowest BCUT2D eigenvalue weighted by Crippen LogP contribution is -2.63. The number of amides is 2. The van der Waals surface area contributed by atoms with Gasteiger partial charge in [0.05, 0.1) is 37.5 Å². The molecule has 3 aliphatic rings. The number of likely N-dealkylation sites (N-methyl/N-ethyl adjacent to an activating group) is 1. The van der Waals surface area contributed by atoms with Crippen LogP contribution in [0.3, 0.4) is 0 Å². The second-order valence-corrected chi connectivity index (χ2v) is 10.4. The number of pyridine rings is 1. The first-order chi connectivity index (χ1) is 18.6. The van der Waals surface area contributed by atoms with E-state index in [0.29, 0.717) is 45.9 Å². The summed E-state index contributed by atoms with van der Waals surface area (Å²) in [6.45, 7) is 3.10. The van der Waals surface area contributed by atoms with Crippen molar-refractivity contribution in [3.63, 3.8) is 0 Å². The maximum Gasteiger partial charge on any atom is 0.242 e. The van der Waals surface area contributed by atoms with Crippen LogP contribution in [-0.2, 0) is 14.3 Å². The number of morpholine rings is 1. The number of aromatic nitrogens is 1. The van der Waals surface area contributed by atoms with Gasteiger partial charge in [0, 0.05) is 45.8 Å². The van der Waals surface area contributed by atoms with E-state index in [2.05, 4.69) is 15.5 Å². The number of ether oxygens (including phenoxy) is 1. The zero-order valence-electron chi connectivity index (χ0n) is 22.5. The van der Waals surface area contributed by atoms with Crippen LogP contribution in [0.5, 0.6) is 0 Å². The third-order valence-electron chi connectivity index (χ3n) is 7.71. The van der Waals surface area contributed by atoms with Crippen LogP contribution in [0.4, 0.5) is 20.2 Å². The van der Waals surface area contributed by atoms with Gasteiger partial charge in [-0.3, -0.25) is 29.3 Å². The molecule has 39 heavy (non-hydrogen) atoms. The van der Waals surface area contributed by atoms with Crippen LogP contribution in [0.1, 0.15) is 0 Å². The van der Waals surface area contributed by atoms with Crippen LogP contribution in [0.25, 0.3) is 0 Å². The van der Waals surface area contributed by atoms with Crippen LogP contribution in [0.2, 0.25) is 0 Å². The number of nitrogens with two attached hydrogens (primary N) is 1. The highest BCUT2D eigenvalue weighted by Crippen LogP contribution is 2.31. The van der Waals surface area contributed by atoms with Crippen LogP contribution < -0.4 is 16.0 Å². The Balaban J connectivity index is 1.49. The van der Waals surface area contributed by atoms with Gasteiger partial charge in [-0.05, 0) is 21.1 Å². The Kier molecular flexibility index (Phi) is 9.38. The van der Waals surface area contributed by atoms with Crippen LogP contribution >= 0.6 is 0 Å². The maximum absolute atomic E-state index is 15.1. The summed E-state index contributed by atoms with van der Waals surface area (Å²) in [6.07, 6.45) is -0.873. The monoisotopic (exact) mass is 553 g/mol. The highest BCUT2D eigenvalue weighted by molar-refractivity contribution is 5.96. The molecule has 0 radical (unpaired) electrons. The number of piperazine rings is 1. The van der Waals surface area contributed by atoms with E-state index in [0.717, 1.165) is 6.20 Å². The SMILES string of the molecule is CN1CCOCC1C(=O)N1CCN(c2c(F)cncc2NC(=O)C(C(N)N=O)C2N(C)CC(F)CN2C)CC1. The highest BCUT2D eigenvalue weighted by Gasteiger charge is 2.43. The van der Waals surface area contributed by atoms with Crippen molar-refractivity contribution in [3.8, 4) is 0 Å². The topological polar surface area (TPSA) is 140 Å². The summed E-state index contributed by atoms with van der Waals surface area (Å²) in [5.74, 6) is -2.50. The standard InChI is InChI=1S/C24H37F2N9O4/c1-31-8-9-39-14-18(31)24(37)35-6-4-34(5-7-35)20-16(26)10-28-11-17(20)29-22(36)19(21(27)30-38)23-32(2)12-15(25)13-33(23)3/h10-11,15,18-19,21,23H,4-9,12-14,27H2,1-3H3,(H,29,36). The number of carbonyl (C=O) groups excluding carboxylic acids is 2. The molecule has 3 atom stereocenters. The molecule has 1 aromatic rings. The van der Waals surface area contributed by atoms with E-state index in [1.807, 2.05) is 11.9 Å². The molecule has 3 saturated heterocycles. The van der Waals surface area contributed by atoms with Gasteiger partial charge >= 0.3 is 0 Å². The van der Waals surface area contributed by atoms with Gasteiger partial charge < -0.3 is 25.6 Å². The molecule has 2 amide bonds. The smallest absolute Gasteiger partial charge is 0.242 e. The first-order valence-electron chi connectivity index (χ1n) is 13.0. The quantitative estimate of drug-likeness (QED) is 0.419. The Morgan fingerprint density at radius 2 is 1.77 bits per heavy atom. The molecule has 1 aromatic heterocycles. The molecule has 0 spiro atoms. The van der Waals surface area contributed by atoms with E-state index < -0.39 is 36.1 Å². The fourth-order valence-electron chi connectivity index (χ4n) is 5.68. The number of nitrogens with zero attached hydrogens (tertiary/aromatic N) is 7. The van der Waals surface area contributed by atoms with Crippen molar-refractivity contribution in [3.05, 3.63) is 23.1 Å². The third kappa shape index (κ3) is 6.32. The average Bonchev–Trinajstić information content (AvgIpc) is 2.90. The molecule has 0 aliphatic carbocycles. The molecule has 0 bridgehead atoms. The molecule has 3 aliphatic heterocycles. The molecule has 13 nitrogen and oxygen atoms in total. The third-order valence-corrected chi connectivity index (χ3v) is 7.71. The number of hydrogen-bond donors (Lipinski definition) is 2. The molecular weight excluding hydrogens is 516 g/mol. The van der Waals surface area contributed by atoms with Crippen molar-refractivity contribution >= 4 is 23.2 Å². The number of halogens is 2. The Morgan fingerprint density at radius 3 is 2.38 bits per heavy atom. The number of nitrogens with one attached hydrogen (secondary N) is 1. The zero-order valence-corrected chi connectivity index (χ0v) is 22.5.